The molecule has 20 heavy (non-hydrogen) atoms. The largest absolute Gasteiger partial charge is 0.486 e. The van der Waals surface area contributed by atoms with E-state index in [4.69, 9.17) is 15.2 Å². The zero-order chi connectivity index (χ0) is 13.9. The molecular weight excluding hydrogens is 254 g/mol. The maximum atomic E-state index is 5.91. The Hall–Kier alpha value is -1.30. The van der Waals surface area contributed by atoms with E-state index in [1.54, 1.807) is 0 Å². The molecule has 110 valence electrons. The van der Waals surface area contributed by atoms with Crippen LogP contribution in [0.1, 0.15) is 5.56 Å². The van der Waals surface area contributed by atoms with Crippen LogP contribution >= 0.6 is 0 Å². The Bertz CT molecular complexity index is 466. The number of hydrogen-bond acceptors (Lipinski definition) is 5. The van der Waals surface area contributed by atoms with Gasteiger partial charge in [0.1, 0.15) is 13.2 Å². The summed E-state index contributed by atoms with van der Waals surface area (Å²) in [6, 6.07) is 6.67. The van der Waals surface area contributed by atoms with E-state index in [0.29, 0.717) is 25.8 Å². The van der Waals surface area contributed by atoms with E-state index in [9.17, 15) is 0 Å². The number of piperazine rings is 1. The van der Waals surface area contributed by atoms with Gasteiger partial charge in [0.2, 0.25) is 0 Å². The molecule has 1 atom stereocenters. The van der Waals surface area contributed by atoms with Gasteiger partial charge in [0.05, 0.1) is 0 Å². The molecular formula is C15H23N3O2. The molecule has 3 rings (SSSR count). The molecule has 2 heterocycles. The Balaban J connectivity index is 1.70. The fourth-order valence-electron chi connectivity index (χ4n) is 2.90. The molecule has 1 saturated heterocycles. The van der Waals surface area contributed by atoms with Gasteiger partial charge in [0.25, 0.3) is 0 Å². The molecule has 0 aliphatic carbocycles. The smallest absolute Gasteiger partial charge is 0.161 e. The van der Waals surface area contributed by atoms with Crippen LogP contribution in [0.15, 0.2) is 18.2 Å². The quantitative estimate of drug-likeness (QED) is 0.873. The van der Waals surface area contributed by atoms with Crippen molar-refractivity contribution in [2.24, 2.45) is 5.73 Å². The van der Waals surface area contributed by atoms with Gasteiger partial charge < -0.3 is 20.1 Å². The van der Waals surface area contributed by atoms with Crippen molar-refractivity contribution in [3.05, 3.63) is 23.8 Å². The minimum Gasteiger partial charge on any atom is -0.486 e. The van der Waals surface area contributed by atoms with Gasteiger partial charge >= 0.3 is 0 Å². The minimum atomic E-state index is 0.432. The molecule has 0 saturated carbocycles. The zero-order valence-corrected chi connectivity index (χ0v) is 12.0. The van der Waals surface area contributed by atoms with Crippen LogP contribution < -0.4 is 15.2 Å². The third-order valence-electron chi connectivity index (χ3n) is 4.07. The molecule has 0 aromatic heterocycles. The molecule has 0 radical (unpaired) electrons. The highest BCUT2D eigenvalue weighted by Gasteiger charge is 2.24. The van der Waals surface area contributed by atoms with Crippen LogP contribution in [0, 0.1) is 0 Å². The molecule has 1 aromatic carbocycles. The third-order valence-corrected chi connectivity index (χ3v) is 4.07. The molecule has 1 aromatic rings. The van der Waals surface area contributed by atoms with Gasteiger partial charge in [-0.25, -0.2) is 0 Å². The van der Waals surface area contributed by atoms with E-state index in [1.807, 2.05) is 6.07 Å². The first-order chi connectivity index (χ1) is 9.76. The van der Waals surface area contributed by atoms with E-state index in [0.717, 1.165) is 37.7 Å². The van der Waals surface area contributed by atoms with Crippen LogP contribution in [0.2, 0.25) is 0 Å². The summed E-state index contributed by atoms with van der Waals surface area (Å²) in [4.78, 5) is 4.81. The lowest BCUT2D eigenvalue weighted by Crippen LogP contribution is -2.54. The van der Waals surface area contributed by atoms with Gasteiger partial charge in [-0.15, -0.1) is 0 Å². The first-order valence-electron chi connectivity index (χ1n) is 7.27. The van der Waals surface area contributed by atoms with E-state index in [1.165, 1.54) is 5.56 Å². The first-order valence-corrected chi connectivity index (χ1v) is 7.27. The van der Waals surface area contributed by atoms with Crippen molar-refractivity contribution in [2.45, 2.75) is 12.6 Å². The number of likely N-dealkylation sites (N-methyl/N-ethyl adjacent to an activating group) is 1. The van der Waals surface area contributed by atoms with Crippen molar-refractivity contribution in [1.29, 1.82) is 0 Å². The van der Waals surface area contributed by atoms with Crippen LogP contribution in [0.4, 0.5) is 0 Å². The van der Waals surface area contributed by atoms with Crippen molar-refractivity contribution in [1.82, 2.24) is 9.80 Å². The fraction of sp³-hybridized carbons (Fsp3) is 0.600. The van der Waals surface area contributed by atoms with E-state index in [-0.39, 0.29) is 0 Å². The summed E-state index contributed by atoms with van der Waals surface area (Å²) in [6.07, 6.45) is 0. The lowest BCUT2D eigenvalue weighted by molar-refractivity contribution is 0.0878. The fourth-order valence-corrected chi connectivity index (χ4v) is 2.90. The van der Waals surface area contributed by atoms with Crippen LogP contribution in [-0.2, 0) is 6.54 Å². The second-order valence-electron chi connectivity index (χ2n) is 5.60. The second-order valence-corrected chi connectivity index (χ2v) is 5.60. The maximum Gasteiger partial charge on any atom is 0.161 e. The molecule has 0 spiro atoms. The average molecular weight is 277 g/mol. The van der Waals surface area contributed by atoms with E-state index >= 15 is 0 Å². The lowest BCUT2D eigenvalue weighted by atomic mass is 10.1. The molecule has 1 fully saturated rings. The predicted molar refractivity (Wildman–Crippen MR) is 78.2 cm³/mol. The van der Waals surface area contributed by atoms with E-state index in [2.05, 4.69) is 29.0 Å². The van der Waals surface area contributed by atoms with Gasteiger partial charge in [-0.3, -0.25) is 4.90 Å². The number of nitrogens with zero attached hydrogens (tertiary/aromatic N) is 2. The van der Waals surface area contributed by atoms with Gasteiger partial charge in [-0.2, -0.15) is 0 Å². The summed E-state index contributed by atoms with van der Waals surface area (Å²) in [5.41, 5.74) is 7.17. The number of fused-ring (bicyclic) bond motifs is 1. The van der Waals surface area contributed by atoms with Crippen LogP contribution in [0.25, 0.3) is 0 Å². The van der Waals surface area contributed by atoms with Crippen molar-refractivity contribution in [2.75, 3.05) is 46.4 Å². The topological polar surface area (TPSA) is 51.0 Å². The predicted octanol–water partition coefficient (Wildman–Crippen LogP) is 0.533. The highest BCUT2D eigenvalue weighted by atomic mass is 16.6. The first kappa shape index (κ1) is 13.7. The SMILES string of the molecule is CN1CCN(Cc2ccc3c(c2)OCCO3)C(CN)C1. The number of ether oxygens (including phenoxy) is 2. The summed E-state index contributed by atoms with van der Waals surface area (Å²) in [5.74, 6) is 1.72. The maximum absolute atomic E-state index is 5.91. The summed E-state index contributed by atoms with van der Waals surface area (Å²) in [7, 11) is 2.16. The molecule has 2 N–H and O–H groups in total. The molecule has 2 aliphatic heterocycles. The molecule has 0 bridgehead atoms. The van der Waals surface area contributed by atoms with Crippen LogP contribution in [0.5, 0.6) is 11.5 Å². The number of hydrogen-bond donors (Lipinski definition) is 1. The number of rotatable bonds is 3. The Kier molecular flexibility index (Phi) is 4.10. The van der Waals surface area contributed by atoms with Gasteiger partial charge in [0, 0.05) is 38.8 Å². The summed E-state index contributed by atoms with van der Waals surface area (Å²) >= 11 is 0. The Morgan fingerprint density at radius 3 is 2.80 bits per heavy atom. The van der Waals surface area contributed by atoms with Crippen molar-refractivity contribution in [3.63, 3.8) is 0 Å². The monoisotopic (exact) mass is 277 g/mol. The summed E-state index contributed by atoms with van der Waals surface area (Å²) < 4.78 is 11.2. The van der Waals surface area contributed by atoms with Gasteiger partial charge in [-0.05, 0) is 24.7 Å². The number of nitrogens with two attached hydrogens (primary N) is 1. The average Bonchev–Trinajstić information content (AvgIpc) is 2.49. The summed E-state index contributed by atoms with van der Waals surface area (Å²) in [5, 5.41) is 0. The Morgan fingerprint density at radius 2 is 2.00 bits per heavy atom. The highest BCUT2D eigenvalue weighted by Crippen LogP contribution is 2.31. The Morgan fingerprint density at radius 1 is 1.20 bits per heavy atom. The standard InChI is InChI=1S/C15H23N3O2/c1-17-4-5-18(13(9-16)11-17)10-12-2-3-14-15(8-12)20-7-6-19-14/h2-3,8,13H,4-7,9-11,16H2,1H3. The van der Waals surface area contributed by atoms with Gasteiger partial charge in [0.15, 0.2) is 11.5 Å². The van der Waals surface area contributed by atoms with Crippen LogP contribution in [-0.4, -0.2) is 62.3 Å². The van der Waals surface area contributed by atoms with E-state index < -0.39 is 0 Å². The summed E-state index contributed by atoms with van der Waals surface area (Å²) in [6.45, 7) is 6.10. The van der Waals surface area contributed by atoms with Crippen molar-refractivity contribution >= 4 is 0 Å². The molecule has 5 nitrogen and oxygen atoms in total. The van der Waals surface area contributed by atoms with Gasteiger partial charge in [-0.1, -0.05) is 6.07 Å². The second kappa shape index (κ2) is 5.99. The third kappa shape index (κ3) is 2.90. The lowest BCUT2D eigenvalue weighted by Gasteiger charge is -2.39. The minimum absolute atomic E-state index is 0.432. The van der Waals surface area contributed by atoms with Crippen LogP contribution in [0.3, 0.4) is 0 Å². The number of benzene rings is 1. The molecule has 5 heteroatoms. The molecule has 1 unspecified atom stereocenters. The zero-order valence-electron chi connectivity index (χ0n) is 12.0. The molecule has 0 amide bonds. The van der Waals surface area contributed by atoms with Crippen molar-refractivity contribution in [3.8, 4) is 11.5 Å². The highest BCUT2D eigenvalue weighted by molar-refractivity contribution is 5.43. The molecule has 2 aliphatic rings. The van der Waals surface area contributed by atoms with Crippen molar-refractivity contribution < 1.29 is 9.47 Å². The Labute approximate surface area is 120 Å². The normalized spacial score (nSPS) is 23.8.